The Labute approximate surface area is 188 Å². The van der Waals surface area contributed by atoms with Crippen molar-refractivity contribution in [2.45, 2.75) is 43.6 Å². The number of carbonyl (C=O) groups is 2. The van der Waals surface area contributed by atoms with Gasteiger partial charge in [0.2, 0.25) is 11.4 Å². The molecule has 0 aromatic heterocycles. The summed E-state index contributed by atoms with van der Waals surface area (Å²) in [6, 6.07) is 4.10. The molecule has 1 aliphatic heterocycles. The number of hydrogen-bond acceptors (Lipinski definition) is 7. The Hall–Kier alpha value is -2.09. The number of aliphatic hydroxyl groups is 2. The minimum Gasteiger partial charge on any atom is -0.466 e. The molecule has 0 saturated carbocycles. The van der Waals surface area contributed by atoms with Crippen molar-refractivity contribution in [1.29, 1.82) is 0 Å². The van der Waals surface area contributed by atoms with E-state index in [1.165, 1.54) is 13.8 Å². The molecule has 0 spiro atoms. The van der Waals surface area contributed by atoms with Gasteiger partial charge in [-0.3, -0.25) is 9.59 Å². The average Bonchev–Trinajstić information content (AvgIpc) is 2.66. The molecule has 1 aromatic rings. The van der Waals surface area contributed by atoms with E-state index in [4.69, 9.17) is 11.6 Å². The zero-order valence-electron chi connectivity index (χ0n) is 17.1. The number of hydrogen-bond donors (Lipinski definition) is 3. The first-order valence-corrected chi connectivity index (χ1v) is 9.89. The summed E-state index contributed by atoms with van der Waals surface area (Å²) in [7, 11) is 0. The topological polar surface area (TPSA) is 105 Å². The Morgan fingerprint density at radius 1 is 0.909 bits per heavy atom. The molecule has 2 rings (SSSR count). The van der Waals surface area contributed by atoms with Crippen LogP contribution in [0.15, 0.2) is 24.3 Å². The lowest BCUT2D eigenvalue weighted by molar-refractivity contribution is -0.376. The largest absolute Gasteiger partial charge is 0.466 e. The van der Waals surface area contributed by atoms with E-state index in [9.17, 15) is 46.1 Å². The van der Waals surface area contributed by atoms with Gasteiger partial charge in [-0.25, -0.2) is 5.32 Å². The molecule has 7 nitrogen and oxygen atoms in total. The number of rotatable bonds is 5. The quantitative estimate of drug-likeness (QED) is 0.416. The van der Waals surface area contributed by atoms with Crippen molar-refractivity contribution in [2.24, 2.45) is 11.8 Å². The van der Waals surface area contributed by atoms with Crippen LogP contribution in [0.5, 0.6) is 0 Å². The summed E-state index contributed by atoms with van der Waals surface area (Å²) < 4.78 is 93.2. The van der Waals surface area contributed by atoms with Gasteiger partial charge in [-0.15, -0.1) is 0 Å². The maximum atomic E-state index is 14.0. The second kappa shape index (κ2) is 9.28. The summed E-state index contributed by atoms with van der Waals surface area (Å²) in [5.41, 5.74) is -9.75. The molecule has 186 valence electrons. The Balaban J connectivity index is 2.95. The lowest BCUT2D eigenvalue weighted by Crippen LogP contribution is -2.81. The van der Waals surface area contributed by atoms with Gasteiger partial charge >= 0.3 is 24.3 Å². The first kappa shape index (κ1) is 27.2. The molecule has 33 heavy (non-hydrogen) atoms. The van der Waals surface area contributed by atoms with Crippen LogP contribution in [0.25, 0.3) is 0 Å². The summed E-state index contributed by atoms with van der Waals surface area (Å²) in [6.45, 7) is 1.44. The van der Waals surface area contributed by atoms with Crippen LogP contribution in [-0.2, 0) is 19.1 Å². The summed E-state index contributed by atoms with van der Waals surface area (Å²) in [5.74, 6) is -11.6. The molecule has 0 aliphatic carbocycles. The predicted molar refractivity (Wildman–Crippen MR) is 99.6 cm³/mol. The minimum atomic E-state index is -5.94. The number of halogens is 7. The van der Waals surface area contributed by atoms with Crippen LogP contribution in [0.4, 0.5) is 26.3 Å². The summed E-state index contributed by atoms with van der Waals surface area (Å²) in [4.78, 5) is 25.3. The third kappa shape index (κ3) is 4.77. The van der Waals surface area contributed by atoms with E-state index in [-0.39, 0.29) is 5.02 Å². The Bertz CT molecular complexity index is 831. The number of carbonyl (C=O) groups excluding carboxylic acids is 2. The van der Waals surface area contributed by atoms with Crippen LogP contribution in [0.2, 0.25) is 5.02 Å². The van der Waals surface area contributed by atoms with Crippen molar-refractivity contribution in [1.82, 2.24) is 5.32 Å². The second-order valence-electron chi connectivity index (χ2n) is 7.19. The predicted octanol–water partition coefficient (Wildman–Crippen LogP) is 2.89. The molecule has 3 N–H and O–H groups in total. The van der Waals surface area contributed by atoms with Gasteiger partial charge in [0.05, 0.1) is 13.2 Å². The summed E-state index contributed by atoms with van der Waals surface area (Å²) >= 11 is 5.75. The Morgan fingerprint density at radius 3 is 1.58 bits per heavy atom. The van der Waals surface area contributed by atoms with Crippen molar-refractivity contribution < 1.29 is 55.6 Å². The highest BCUT2D eigenvalue weighted by Gasteiger charge is 2.78. The first-order chi connectivity index (χ1) is 15.0. The maximum absolute atomic E-state index is 14.0. The molecule has 1 aliphatic rings. The van der Waals surface area contributed by atoms with E-state index < -0.39 is 72.3 Å². The smallest absolute Gasteiger partial charge is 0.432 e. The fourth-order valence-corrected chi connectivity index (χ4v) is 3.95. The highest BCUT2D eigenvalue weighted by molar-refractivity contribution is 6.30. The number of nitrogens with one attached hydrogen (secondary N) is 1. The van der Waals surface area contributed by atoms with Crippen LogP contribution >= 0.6 is 11.6 Å². The molecule has 14 heteroatoms. The minimum absolute atomic E-state index is 0.0326. The fraction of sp³-hybridized carbons (Fsp3) is 0.579. The zero-order chi connectivity index (χ0) is 25.4. The van der Waals surface area contributed by atoms with E-state index in [1.54, 1.807) is 0 Å². The Kier molecular flexibility index (Phi) is 7.63. The zero-order valence-corrected chi connectivity index (χ0v) is 17.9. The molecule has 0 amide bonds. The number of piperidine rings is 1. The molecule has 1 aromatic carbocycles. The molecule has 0 radical (unpaired) electrons. The van der Waals surface area contributed by atoms with Gasteiger partial charge in [-0.1, -0.05) is 23.7 Å². The molecule has 4 atom stereocenters. The third-order valence-electron chi connectivity index (χ3n) is 5.20. The van der Waals surface area contributed by atoms with Gasteiger partial charge in [-0.2, -0.15) is 26.3 Å². The highest BCUT2D eigenvalue weighted by atomic mass is 35.5. The van der Waals surface area contributed by atoms with Crippen molar-refractivity contribution in [3.63, 3.8) is 0 Å². The molecule has 1 saturated heterocycles. The lowest BCUT2D eigenvalue weighted by atomic mass is 9.64. The maximum Gasteiger partial charge on any atom is 0.432 e. The normalized spacial score (nSPS) is 30.6. The third-order valence-corrected chi connectivity index (χ3v) is 5.45. The monoisotopic (exact) mass is 507 g/mol. The van der Waals surface area contributed by atoms with E-state index >= 15 is 0 Å². The van der Waals surface area contributed by atoms with Gasteiger partial charge < -0.3 is 19.7 Å². The standard InChI is InChI=1S/C19H20ClF6NO6/c1-3-32-14(28)12-11(9-5-7-10(20)8-6-9)13(15(29)33-4-2)17(31,19(24,25)26)27-16(12,30)18(21,22)23/h5-8,11-13,27,30-31H,3-4H2,1-2H3. The van der Waals surface area contributed by atoms with Gasteiger partial charge in [0.1, 0.15) is 11.8 Å². The fourth-order valence-electron chi connectivity index (χ4n) is 3.82. The van der Waals surface area contributed by atoms with Crippen LogP contribution in [0, 0.1) is 11.8 Å². The first-order valence-electron chi connectivity index (χ1n) is 9.51. The van der Waals surface area contributed by atoms with Crippen LogP contribution in [0.1, 0.15) is 25.3 Å². The van der Waals surface area contributed by atoms with Crippen molar-refractivity contribution in [2.75, 3.05) is 13.2 Å². The number of esters is 2. The molecule has 0 bridgehead atoms. The molecule has 1 fully saturated rings. The molecular formula is C19H20ClF6NO6. The van der Waals surface area contributed by atoms with Gasteiger partial charge in [0.15, 0.2) is 0 Å². The SMILES string of the molecule is CCOC(=O)C1C(c2ccc(Cl)cc2)C(C(=O)OCC)C(O)(C(F)(F)F)NC1(O)C(F)(F)F. The van der Waals surface area contributed by atoms with E-state index in [0.29, 0.717) is 5.32 Å². The van der Waals surface area contributed by atoms with E-state index in [1.807, 2.05) is 0 Å². The van der Waals surface area contributed by atoms with Gasteiger partial charge in [0.25, 0.3) is 0 Å². The molecule has 4 unspecified atom stereocenters. The highest BCUT2D eigenvalue weighted by Crippen LogP contribution is 2.55. The molecular weight excluding hydrogens is 488 g/mol. The summed E-state index contributed by atoms with van der Waals surface area (Å²) in [6.07, 6.45) is -11.9. The number of ether oxygens (including phenoxy) is 2. The number of alkyl halides is 6. The second-order valence-corrected chi connectivity index (χ2v) is 7.63. The van der Waals surface area contributed by atoms with Crippen molar-refractivity contribution >= 4 is 23.5 Å². The summed E-state index contributed by atoms with van der Waals surface area (Å²) in [5, 5.41) is 21.8. The van der Waals surface area contributed by atoms with Crippen LogP contribution < -0.4 is 5.32 Å². The molecule has 1 heterocycles. The van der Waals surface area contributed by atoms with E-state index in [2.05, 4.69) is 9.47 Å². The average molecular weight is 508 g/mol. The lowest BCUT2D eigenvalue weighted by Gasteiger charge is -2.54. The van der Waals surface area contributed by atoms with Crippen molar-refractivity contribution in [3.05, 3.63) is 34.9 Å². The van der Waals surface area contributed by atoms with Crippen LogP contribution in [0.3, 0.4) is 0 Å². The van der Waals surface area contributed by atoms with Crippen molar-refractivity contribution in [3.8, 4) is 0 Å². The van der Waals surface area contributed by atoms with Gasteiger partial charge in [0, 0.05) is 10.9 Å². The van der Waals surface area contributed by atoms with E-state index in [0.717, 1.165) is 24.3 Å². The van der Waals surface area contributed by atoms with Crippen LogP contribution in [-0.4, -0.2) is 59.2 Å². The Morgan fingerprint density at radius 2 is 1.27 bits per heavy atom. The number of benzene rings is 1. The van der Waals surface area contributed by atoms with Gasteiger partial charge in [-0.05, 0) is 31.5 Å².